The summed E-state index contributed by atoms with van der Waals surface area (Å²) >= 11 is 7.71. The number of hydrogen-bond acceptors (Lipinski definition) is 3. The molecule has 0 aliphatic carbocycles. The minimum absolute atomic E-state index is 0.740. The molecule has 0 atom stereocenters. The van der Waals surface area contributed by atoms with Gasteiger partial charge in [-0.2, -0.15) is 0 Å². The zero-order chi connectivity index (χ0) is 14.3. The molecule has 0 saturated heterocycles. The summed E-state index contributed by atoms with van der Waals surface area (Å²) in [7, 11) is 0. The zero-order valence-corrected chi connectivity index (χ0v) is 13.1. The number of nitrogens with zero attached hydrogens (tertiary/aromatic N) is 2. The first kappa shape index (κ1) is 13.5. The van der Waals surface area contributed by atoms with Gasteiger partial charge in [-0.15, -0.1) is 11.3 Å². The summed E-state index contributed by atoms with van der Waals surface area (Å²) in [5.41, 5.74) is 9.15. The van der Waals surface area contributed by atoms with Crippen molar-refractivity contribution in [3.63, 3.8) is 0 Å². The van der Waals surface area contributed by atoms with E-state index in [4.69, 9.17) is 22.3 Å². The Morgan fingerprint density at radius 3 is 2.80 bits per heavy atom. The summed E-state index contributed by atoms with van der Waals surface area (Å²) in [6.07, 6.45) is 1.05. The fraction of sp³-hybridized carbons (Fsp3) is 0.267. The van der Waals surface area contributed by atoms with Gasteiger partial charge < -0.3 is 10.3 Å². The Kier molecular flexibility index (Phi) is 3.44. The molecule has 0 fully saturated rings. The number of aryl methyl sites for hydroxylation is 2. The molecule has 3 rings (SSSR count). The average Bonchev–Trinajstić information content (AvgIpc) is 2.91. The Bertz CT molecular complexity index is 773. The fourth-order valence-corrected chi connectivity index (χ4v) is 3.55. The number of fused-ring (bicyclic) bond motifs is 1. The molecule has 0 amide bonds. The van der Waals surface area contributed by atoms with Gasteiger partial charge in [0.1, 0.15) is 0 Å². The maximum atomic E-state index is 6.12. The molecular weight excluding hydrogens is 290 g/mol. The van der Waals surface area contributed by atoms with Crippen molar-refractivity contribution >= 4 is 39.0 Å². The quantitative estimate of drug-likeness (QED) is 0.761. The van der Waals surface area contributed by atoms with Gasteiger partial charge in [-0.1, -0.05) is 18.5 Å². The van der Waals surface area contributed by atoms with Crippen molar-refractivity contribution in [2.45, 2.75) is 26.8 Å². The van der Waals surface area contributed by atoms with Crippen LogP contribution in [0.1, 0.15) is 18.9 Å². The minimum atomic E-state index is 0.740. The number of nitrogens with two attached hydrogens (primary N) is 1. The predicted octanol–water partition coefficient (Wildman–Crippen LogP) is 4.72. The molecule has 0 unspecified atom stereocenters. The first-order chi connectivity index (χ1) is 9.60. The van der Waals surface area contributed by atoms with Crippen molar-refractivity contribution in [1.29, 1.82) is 0 Å². The van der Waals surface area contributed by atoms with Crippen molar-refractivity contribution in [3.05, 3.63) is 34.9 Å². The van der Waals surface area contributed by atoms with E-state index in [9.17, 15) is 0 Å². The van der Waals surface area contributed by atoms with E-state index in [1.807, 2.05) is 24.3 Å². The van der Waals surface area contributed by atoms with Crippen LogP contribution in [0.4, 0.5) is 5.00 Å². The number of anilines is 1. The van der Waals surface area contributed by atoms with Crippen LogP contribution in [0.5, 0.6) is 0 Å². The van der Waals surface area contributed by atoms with Crippen LogP contribution in [-0.2, 0) is 6.54 Å². The van der Waals surface area contributed by atoms with Crippen LogP contribution in [0.15, 0.2) is 24.3 Å². The van der Waals surface area contributed by atoms with Gasteiger partial charge in [-0.3, -0.25) is 0 Å². The summed E-state index contributed by atoms with van der Waals surface area (Å²) < 4.78 is 2.24. The van der Waals surface area contributed by atoms with E-state index in [-0.39, 0.29) is 0 Å². The Morgan fingerprint density at radius 2 is 2.15 bits per heavy atom. The third-order valence-corrected chi connectivity index (χ3v) is 4.59. The minimum Gasteiger partial charge on any atom is -0.391 e. The van der Waals surface area contributed by atoms with E-state index in [2.05, 4.69) is 18.4 Å². The summed E-state index contributed by atoms with van der Waals surface area (Å²) in [6, 6.07) is 7.84. The van der Waals surface area contributed by atoms with Crippen LogP contribution in [0.3, 0.4) is 0 Å². The van der Waals surface area contributed by atoms with Crippen molar-refractivity contribution in [3.8, 4) is 10.7 Å². The molecule has 3 aromatic rings. The SMILES string of the molecule is CCCn1c(-c2sc(N)cc2C)nc2ccc(Cl)cc21. The van der Waals surface area contributed by atoms with E-state index in [1.54, 1.807) is 11.3 Å². The molecule has 1 aromatic carbocycles. The molecule has 0 radical (unpaired) electrons. The molecule has 0 aliphatic rings. The summed E-state index contributed by atoms with van der Waals surface area (Å²) in [6.45, 7) is 5.16. The molecule has 20 heavy (non-hydrogen) atoms. The molecule has 2 aromatic heterocycles. The second kappa shape index (κ2) is 5.11. The van der Waals surface area contributed by atoms with E-state index < -0.39 is 0 Å². The lowest BCUT2D eigenvalue weighted by Crippen LogP contribution is -1.99. The van der Waals surface area contributed by atoms with Gasteiger partial charge >= 0.3 is 0 Å². The second-order valence-electron chi connectivity index (χ2n) is 4.88. The summed E-state index contributed by atoms with van der Waals surface area (Å²) in [5.74, 6) is 0.989. The normalized spacial score (nSPS) is 11.3. The monoisotopic (exact) mass is 305 g/mol. The number of aromatic nitrogens is 2. The van der Waals surface area contributed by atoms with Crippen LogP contribution >= 0.6 is 22.9 Å². The average molecular weight is 306 g/mol. The first-order valence-electron chi connectivity index (χ1n) is 6.62. The lowest BCUT2D eigenvalue weighted by atomic mass is 10.2. The van der Waals surface area contributed by atoms with Crippen molar-refractivity contribution < 1.29 is 0 Å². The lowest BCUT2D eigenvalue weighted by molar-refractivity contribution is 0.705. The molecule has 2 heterocycles. The fourth-order valence-electron chi connectivity index (χ4n) is 2.45. The molecular formula is C15H16ClN3S. The summed E-state index contributed by atoms with van der Waals surface area (Å²) in [5, 5.41) is 1.56. The highest BCUT2D eigenvalue weighted by atomic mass is 35.5. The smallest absolute Gasteiger partial charge is 0.151 e. The number of thiophene rings is 1. The molecule has 104 valence electrons. The Labute approximate surface area is 127 Å². The Balaban J connectivity index is 2.29. The molecule has 0 saturated carbocycles. The molecule has 5 heteroatoms. The van der Waals surface area contributed by atoms with Crippen LogP contribution < -0.4 is 5.73 Å². The number of hydrogen-bond donors (Lipinski definition) is 1. The van der Waals surface area contributed by atoms with Gasteiger partial charge in [0.2, 0.25) is 0 Å². The third-order valence-electron chi connectivity index (χ3n) is 3.30. The van der Waals surface area contributed by atoms with E-state index in [1.165, 1.54) is 5.56 Å². The van der Waals surface area contributed by atoms with Gasteiger partial charge in [0.25, 0.3) is 0 Å². The van der Waals surface area contributed by atoms with E-state index in [0.29, 0.717) is 0 Å². The van der Waals surface area contributed by atoms with Crippen LogP contribution in [0, 0.1) is 6.92 Å². The second-order valence-corrected chi connectivity index (χ2v) is 6.40. The topological polar surface area (TPSA) is 43.8 Å². The Hall–Kier alpha value is -1.52. The van der Waals surface area contributed by atoms with Crippen molar-refractivity contribution in [2.75, 3.05) is 5.73 Å². The lowest BCUT2D eigenvalue weighted by Gasteiger charge is -2.07. The third kappa shape index (κ3) is 2.19. The maximum absolute atomic E-state index is 6.12. The largest absolute Gasteiger partial charge is 0.391 e. The van der Waals surface area contributed by atoms with Gasteiger partial charge in [-0.25, -0.2) is 4.98 Å². The highest BCUT2D eigenvalue weighted by Crippen LogP contribution is 2.35. The number of imidazole rings is 1. The Morgan fingerprint density at radius 1 is 1.35 bits per heavy atom. The van der Waals surface area contributed by atoms with Gasteiger partial charge in [-0.05, 0) is 43.2 Å². The van der Waals surface area contributed by atoms with E-state index >= 15 is 0 Å². The number of rotatable bonds is 3. The number of halogens is 1. The standard InChI is InChI=1S/C15H16ClN3S/c1-3-6-19-12-8-10(16)4-5-11(12)18-15(19)14-9(2)7-13(17)20-14/h4-5,7-8H,3,6,17H2,1-2H3. The highest BCUT2D eigenvalue weighted by Gasteiger charge is 2.16. The summed E-state index contributed by atoms with van der Waals surface area (Å²) in [4.78, 5) is 5.92. The van der Waals surface area contributed by atoms with Crippen molar-refractivity contribution in [1.82, 2.24) is 9.55 Å². The van der Waals surface area contributed by atoms with Gasteiger partial charge in [0, 0.05) is 11.6 Å². The van der Waals surface area contributed by atoms with E-state index in [0.717, 1.165) is 44.7 Å². The molecule has 0 spiro atoms. The van der Waals surface area contributed by atoms with Gasteiger partial charge in [0.05, 0.1) is 20.9 Å². The van der Waals surface area contributed by atoms with Crippen LogP contribution in [-0.4, -0.2) is 9.55 Å². The van der Waals surface area contributed by atoms with Gasteiger partial charge in [0.15, 0.2) is 5.82 Å². The van der Waals surface area contributed by atoms with Crippen molar-refractivity contribution in [2.24, 2.45) is 0 Å². The van der Waals surface area contributed by atoms with Crippen LogP contribution in [0.25, 0.3) is 21.7 Å². The molecule has 0 bridgehead atoms. The molecule has 2 N–H and O–H groups in total. The molecule has 3 nitrogen and oxygen atoms in total. The highest BCUT2D eigenvalue weighted by molar-refractivity contribution is 7.19. The maximum Gasteiger partial charge on any atom is 0.151 e. The number of benzene rings is 1. The first-order valence-corrected chi connectivity index (χ1v) is 7.81. The molecule has 0 aliphatic heterocycles. The predicted molar refractivity (Wildman–Crippen MR) is 87.5 cm³/mol. The zero-order valence-electron chi connectivity index (χ0n) is 11.5. The van der Waals surface area contributed by atoms with Crippen LogP contribution in [0.2, 0.25) is 5.02 Å². The number of nitrogen functional groups attached to an aromatic ring is 1.